The second kappa shape index (κ2) is 6.10. The molecule has 1 aliphatic rings. The number of hydrogen-bond acceptors (Lipinski definition) is 4. The van der Waals surface area contributed by atoms with Gasteiger partial charge in [0, 0.05) is 19.6 Å². The fourth-order valence-electron chi connectivity index (χ4n) is 1.93. The quantitative estimate of drug-likeness (QED) is 0.854. The van der Waals surface area contributed by atoms with Crippen LogP contribution in [0.15, 0.2) is 0 Å². The minimum atomic E-state index is -1.29. The van der Waals surface area contributed by atoms with Crippen LogP contribution in [0, 0.1) is 17.6 Å². The van der Waals surface area contributed by atoms with Crippen LogP contribution in [-0.2, 0) is 4.74 Å². The topological polar surface area (TPSA) is 37.4 Å². The van der Waals surface area contributed by atoms with Gasteiger partial charge in [-0.25, -0.2) is 4.39 Å². The molecule has 1 aromatic rings. The first-order valence-corrected chi connectivity index (χ1v) is 6.26. The van der Waals surface area contributed by atoms with E-state index >= 15 is 0 Å². The predicted octanol–water partition coefficient (Wildman–Crippen LogP) is 2.16. The molecule has 0 aliphatic carbocycles. The highest BCUT2D eigenvalue weighted by atomic mass is 19.2. The molecule has 0 atom stereocenters. The van der Waals surface area contributed by atoms with E-state index in [1.165, 1.54) is 4.90 Å². The molecule has 7 heteroatoms. The van der Waals surface area contributed by atoms with E-state index in [1.54, 1.807) is 0 Å². The smallest absolute Gasteiger partial charge is 0.253 e. The van der Waals surface area contributed by atoms with E-state index in [1.807, 2.05) is 6.92 Å². The molecular weight excluding hydrogens is 259 g/mol. The Hall–Kier alpha value is -1.50. The summed E-state index contributed by atoms with van der Waals surface area (Å²) < 4.78 is 46.5. The van der Waals surface area contributed by atoms with Gasteiger partial charge in [-0.2, -0.15) is 13.8 Å². The van der Waals surface area contributed by atoms with E-state index in [2.05, 4.69) is 10.3 Å². The number of pyridine rings is 1. The molecule has 0 amide bonds. The van der Waals surface area contributed by atoms with Gasteiger partial charge < -0.3 is 15.0 Å². The lowest BCUT2D eigenvalue weighted by atomic mass is 10.2. The summed E-state index contributed by atoms with van der Waals surface area (Å²) in [5.74, 6) is -3.64. The second-order valence-corrected chi connectivity index (χ2v) is 4.25. The lowest BCUT2D eigenvalue weighted by molar-refractivity contribution is 0.122. The third-order valence-electron chi connectivity index (χ3n) is 2.88. The van der Waals surface area contributed by atoms with Crippen LogP contribution in [0.25, 0.3) is 0 Å². The van der Waals surface area contributed by atoms with Crippen molar-refractivity contribution in [1.82, 2.24) is 4.98 Å². The van der Waals surface area contributed by atoms with Gasteiger partial charge in [-0.3, -0.25) is 0 Å². The highest BCUT2D eigenvalue weighted by Gasteiger charge is 2.26. The summed E-state index contributed by atoms with van der Waals surface area (Å²) in [4.78, 5) is 4.72. The predicted molar refractivity (Wildman–Crippen MR) is 65.9 cm³/mol. The van der Waals surface area contributed by atoms with Gasteiger partial charge in [0.1, 0.15) is 5.69 Å². The summed E-state index contributed by atoms with van der Waals surface area (Å²) in [5.41, 5.74) is -0.366. The van der Waals surface area contributed by atoms with Crippen molar-refractivity contribution in [2.75, 3.05) is 43.1 Å². The Bertz CT molecular complexity index is 450. The Kier molecular flexibility index (Phi) is 4.47. The van der Waals surface area contributed by atoms with Crippen molar-refractivity contribution in [2.24, 2.45) is 0 Å². The van der Waals surface area contributed by atoms with E-state index in [-0.39, 0.29) is 11.5 Å². The molecule has 0 aromatic carbocycles. The molecule has 106 valence electrons. The van der Waals surface area contributed by atoms with Gasteiger partial charge in [0.15, 0.2) is 11.6 Å². The molecule has 1 aliphatic heterocycles. The average molecular weight is 275 g/mol. The SMILES string of the molecule is CCCNc1nc(F)c(F)c(N2CCOCC2)c1F. The number of aromatic nitrogens is 1. The molecular formula is C12H16F3N3O. The van der Waals surface area contributed by atoms with Crippen molar-refractivity contribution in [3.8, 4) is 0 Å². The van der Waals surface area contributed by atoms with E-state index in [0.29, 0.717) is 32.8 Å². The number of morpholine rings is 1. The molecule has 2 heterocycles. The second-order valence-electron chi connectivity index (χ2n) is 4.25. The number of nitrogens with zero attached hydrogens (tertiary/aromatic N) is 2. The normalized spacial score (nSPS) is 15.7. The van der Waals surface area contributed by atoms with E-state index in [9.17, 15) is 13.2 Å². The van der Waals surface area contributed by atoms with E-state index in [4.69, 9.17) is 4.74 Å². The minimum Gasteiger partial charge on any atom is -0.378 e. The molecule has 19 heavy (non-hydrogen) atoms. The van der Waals surface area contributed by atoms with Crippen molar-refractivity contribution in [3.05, 3.63) is 17.6 Å². The van der Waals surface area contributed by atoms with Crippen LogP contribution in [0.1, 0.15) is 13.3 Å². The molecule has 0 bridgehead atoms. The summed E-state index contributed by atoms with van der Waals surface area (Å²) in [6, 6.07) is 0. The zero-order chi connectivity index (χ0) is 13.8. The third-order valence-corrected chi connectivity index (χ3v) is 2.88. The van der Waals surface area contributed by atoms with Crippen molar-refractivity contribution in [3.63, 3.8) is 0 Å². The van der Waals surface area contributed by atoms with Crippen LogP contribution in [0.4, 0.5) is 24.7 Å². The molecule has 0 spiro atoms. The molecule has 4 nitrogen and oxygen atoms in total. The third kappa shape index (κ3) is 2.91. The Morgan fingerprint density at radius 2 is 1.89 bits per heavy atom. The largest absolute Gasteiger partial charge is 0.378 e. The van der Waals surface area contributed by atoms with Gasteiger partial charge in [-0.15, -0.1) is 0 Å². The fraction of sp³-hybridized carbons (Fsp3) is 0.583. The van der Waals surface area contributed by atoms with Crippen LogP contribution < -0.4 is 10.2 Å². The number of ether oxygens (including phenoxy) is 1. The maximum atomic E-state index is 14.2. The minimum absolute atomic E-state index is 0.248. The van der Waals surface area contributed by atoms with Crippen LogP contribution in [0.3, 0.4) is 0 Å². The molecule has 1 saturated heterocycles. The first-order valence-electron chi connectivity index (χ1n) is 6.26. The van der Waals surface area contributed by atoms with Gasteiger partial charge in [-0.05, 0) is 6.42 Å². The van der Waals surface area contributed by atoms with E-state index in [0.717, 1.165) is 6.42 Å². The number of nitrogens with one attached hydrogen (secondary N) is 1. The van der Waals surface area contributed by atoms with E-state index < -0.39 is 17.6 Å². The van der Waals surface area contributed by atoms with Gasteiger partial charge in [0.05, 0.1) is 13.2 Å². The molecule has 1 fully saturated rings. The van der Waals surface area contributed by atoms with Gasteiger partial charge in [0.2, 0.25) is 5.82 Å². The molecule has 0 radical (unpaired) electrons. The molecule has 2 rings (SSSR count). The highest BCUT2D eigenvalue weighted by molar-refractivity contribution is 5.57. The molecule has 1 aromatic heterocycles. The highest BCUT2D eigenvalue weighted by Crippen LogP contribution is 2.29. The standard InChI is InChI=1S/C12H16F3N3O/c1-2-3-16-12-9(14)10(8(13)11(15)17-12)18-4-6-19-7-5-18/h2-7H2,1H3,(H,16,17). The lowest BCUT2D eigenvalue weighted by Gasteiger charge is -2.29. The summed E-state index contributed by atoms with van der Waals surface area (Å²) in [5, 5.41) is 2.66. The van der Waals surface area contributed by atoms with Crippen LogP contribution in [-0.4, -0.2) is 37.8 Å². The van der Waals surface area contributed by atoms with Crippen LogP contribution in [0.2, 0.25) is 0 Å². The monoisotopic (exact) mass is 275 g/mol. The zero-order valence-corrected chi connectivity index (χ0v) is 10.7. The summed E-state index contributed by atoms with van der Waals surface area (Å²) >= 11 is 0. The number of halogens is 3. The number of hydrogen-bond donors (Lipinski definition) is 1. The number of anilines is 2. The van der Waals surface area contributed by atoms with Crippen molar-refractivity contribution >= 4 is 11.5 Å². The average Bonchev–Trinajstić information content (AvgIpc) is 2.43. The maximum absolute atomic E-state index is 14.2. The maximum Gasteiger partial charge on any atom is 0.253 e. The molecule has 1 N–H and O–H groups in total. The fourth-order valence-corrected chi connectivity index (χ4v) is 1.93. The Labute approximate surface area is 109 Å². The van der Waals surface area contributed by atoms with Crippen LogP contribution in [0.5, 0.6) is 0 Å². The zero-order valence-electron chi connectivity index (χ0n) is 10.7. The Morgan fingerprint density at radius 1 is 1.21 bits per heavy atom. The van der Waals surface area contributed by atoms with Crippen molar-refractivity contribution in [2.45, 2.75) is 13.3 Å². The van der Waals surface area contributed by atoms with Crippen LogP contribution >= 0.6 is 0 Å². The Morgan fingerprint density at radius 3 is 2.53 bits per heavy atom. The summed E-state index contributed by atoms with van der Waals surface area (Å²) in [7, 11) is 0. The van der Waals surface area contributed by atoms with Gasteiger partial charge >= 0.3 is 0 Å². The summed E-state index contributed by atoms with van der Waals surface area (Å²) in [6.45, 7) is 3.70. The van der Waals surface area contributed by atoms with Crippen molar-refractivity contribution < 1.29 is 17.9 Å². The molecule has 0 unspecified atom stereocenters. The first kappa shape index (κ1) is 13.9. The van der Waals surface area contributed by atoms with Gasteiger partial charge in [0.25, 0.3) is 5.95 Å². The first-order chi connectivity index (χ1) is 9.15. The molecule has 0 saturated carbocycles. The Balaban J connectivity index is 2.36. The van der Waals surface area contributed by atoms with Crippen molar-refractivity contribution in [1.29, 1.82) is 0 Å². The summed E-state index contributed by atoms with van der Waals surface area (Å²) in [6.07, 6.45) is 0.729. The number of rotatable bonds is 4. The lowest BCUT2D eigenvalue weighted by Crippen LogP contribution is -2.37. The van der Waals surface area contributed by atoms with Gasteiger partial charge in [-0.1, -0.05) is 6.92 Å².